The van der Waals surface area contributed by atoms with Crippen LogP contribution in [-0.2, 0) is 0 Å². The van der Waals surface area contributed by atoms with Crippen molar-refractivity contribution in [3.63, 3.8) is 0 Å². The summed E-state index contributed by atoms with van der Waals surface area (Å²) in [5.74, 6) is 1.79. The minimum absolute atomic E-state index is 0.0898. The van der Waals surface area contributed by atoms with E-state index in [0.29, 0.717) is 9.39 Å². The van der Waals surface area contributed by atoms with Gasteiger partial charge in [0.2, 0.25) is 0 Å². The van der Waals surface area contributed by atoms with Crippen LogP contribution in [0.3, 0.4) is 0 Å². The molecule has 14 heavy (non-hydrogen) atoms. The minimum atomic E-state index is -0.0898. The molecule has 0 aliphatic heterocycles. The van der Waals surface area contributed by atoms with Crippen LogP contribution in [0.1, 0.15) is 6.42 Å². The molecule has 1 aromatic heterocycles. The molecule has 0 aromatic carbocycles. The molecule has 0 saturated carbocycles. The molecule has 2 N–H and O–H groups in total. The highest BCUT2D eigenvalue weighted by molar-refractivity contribution is 14.1. The highest BCUT2D eigenvalue weighted by Crippen LogP contribution is 2.08. The Labute approximate surface area is 100 Å². The molecule has 0 fully saturated rings. The van der Waals surface area contributed by atoms with Crippen molar-refractivity contribution in [2.45, 2.75) is 6.42 Å². The first-order valence-corrected chi connectivity index (χ1v) is 6.69. The molecule has 1 rings (SSSR count). The van der Waals surface area contributed by atoms with Gasteiger partial charge >= 0.3 is 0 Å². The lowest BCUT2D eigenvalue weighted by molar-refractivity contribution is 0.968. The van der Waals surface area contributed by atoms with Crippen molar-refractivity contribution in [3.8, 4) is 0 Å². The number of nitrogens with zero attached hydrogens (tertiary/aromatic N) is 1. The number of thioether (sulfide) groups is 1. The lowest BCUT2D eigenvalue weighted by Gasteiger charge is -2.05. The molecule has 0 spiro atoms. The summed E-state index contributed by atoms with van der Waals surface area (Å²) >= 11 is 3.81. The van der Waals surface area contributed by atoms with Crippen LogP contribution >= 0.6 is 34.4 Å². The van der Waals surface area contributed by atoms with Gasteiger partial charge in [0.1, 0.15) is 9.39 Å². The Kier molecular flexibility index (Phi) is 5.31. The maximum absolute atomic E-state index is 11.2. The van der Waals surface area contributed by atoms with Crippen molar-refractivity contribution in [1.29, 1.82) is 0 Å². The molecule has 4 nitrogen and oxygen atoms in total. The SMILES string of the molecule is CSCCCNc1nc[nH]c(=O)c1I. The van der Waals surface area contributed by atoms with Crippen molar-refractivity contribution in [2.24, 2.45) is 0 Å². The van der Waals surface area contributed by atoms with Gasteiger partial charge in [0.15, 0.2) is 0 Å². The first-order chi connectivity index (χ1) is 6.75. The fraction of sp³-hybridized carbons (Fsp3) is 0.500. The van der Waals surface area contributed by atoms with E-state index in [1.54, 1.807) is 0 Å². The summed E-state index contributed by atoms with van der Waals surface area (Å²) in [5.41, 5.74) is -0.0898. The number of aromatic nitrogens is 2. The Hall–Kier alpha value is -0.240. The maximum Gasteiger partial charge on any atom is 0.266 e. The highest BCUT2D eigenvalue weighted by Gasteiger charge is 2.02. The molecule has 0 unspecified atom stereocenters. The van der Waals surface area contributed by atoms with Crippen LogP contribution in [-0.4, -0.2) is 28.5 Å². The van der Waals surface area contributed by atoms with Crippen LogP contribution in [0, 0.1) is 3.57 Å². The number of hydrogen-bond donors (Lipinski definition) is 2. The smallest absolute Gasteiger partial charge is 0.266 e. The number of hydrogen-bond acceptors (Lipinski definition) is 4. The summed E-state index contributed by atoms with van der Waals surface area (Å²) in [4.78, 5) is 17.8. The summed E-state index contributed by atoms with van der Waals surface area (Å²) in [6, 6.07) is 0. The zero-order valence-corrected chi connectivity index (χ0v) is 10.8. The monoisotopic (exact) mass is 325 g/mol. The van der Waals surface area contributed by atoms with E-state index in [0.717, 1.165) is 18.7 Å². The van der Waals surface area contributed by atoms with Crippen molar-refractivity contribution < 1.29 is 0 Å². The molecule has 6 heteroatoms. The first-order valence-electron chi connectivity index (χ1n) is 4.21. The largest absolute Gasteiger partial charge is 0.369 e. The quantitative estimate of drug-likeness (QED) is 0.637. The van der Waals surface area contributed by atoms with E-state index >= 15 is 0 Å². The molecule has 0 aliphatic rings. The molecule has 0 atom stereocenters. The van der Waals surface area contributed by atoms with Gasteiger partial charge in [-0.3, -0.25) is 4.79 Å². The van der Waals surface area contributed by atoms with Crippen LogP contribution in [0.5, 0.6) is 0 Å². The topological polar surface area (TPSA) is 57.8 Å². The number of rotatable bonds is 5. The van der Waals surface area contributed by atoms with E-state index in [2.05, 4.69) is 21.5 Å². The summed E-state index contributed by atoms with van der Waals surface area (Å²) < 4.78 is 0.620. The third kappa shape index (κ3) is 3.49. The standard InChI is InChI=1S/C8H12IN3OS/c1-14-4-2-3-10-7-6(9)8(13)12-5-11-7/h5H,2-4H2,1H3,(H2,10,11,12,13). The fourth-order valence-corrected chi connectivity index (χ4v) is 1.85. The van der Waals surface area contributed by atoms with Gasteiger partial charge in [-0.1, -0.05) is 0 Å². The predicted octanol–water partition coefficient (Wildman–Crippen LogP) is 1.54. The molecular weight excluding hydrogens is 313 g/mol. The van der Waals surface area contributed by atoms with Crippen LogP contribution in [0.4, 0.5) is 5.82 Å². The lowest BCUT2D eigenvalue weighted by atomic mass is 10.4. The molecule has 0 saturated heterocycles. The number of aromatic amines is 1. The predicted molar refractivity (Wildman–Crippen MR) is 69.1 cm³/mol. The number of H-pyrrole nitrogens is 1. The molecule has 0 radical (unpaired) electrons. The molecule has 0 aliphatic carbocycles. The fourth-order valence-electron chi connectivity index (χ4n) is 0.930. The van der Waals surface area contributed by atoms with E-state index < -0.39 is 0 Å². The van der Waals surface area contributed by atoms with Crippen LogP contribution in [0.15, 0.2) is 11.1 Å². The second kappa shape index (κ2) is 6.28. The molecule has 1 heterocycles. The summed E-state index contributed by atoms with van der Waals surface area (Å²) in [6.45, 7) is 0.854. The van der Waals surface area contributed by atoms with Crippen LogP contribution in [0.25, 0.3) is 0 Å². The number of anilines is 1. The van der Waals surface area contributed by atoms with Crippen LogP contribution < -0.4 is 10.9 Å². The Balaban J connectivity index is 2.51. The van der Waals surface area contributed by atoms with Crippen molar-refractivity contribution in [2.75, 3.05) is 23.9 Å². The van der Waals surface area contributed by atoms with E-state index in [9.17, 15) is 4.79 Å². The van der Waals surface area contributed by atoms with Gasteiger partial charge in [-0.05, 0) is 41.0 Å². The zero-order chi connectivity index (χ0) is 10.4. The Bertz CT molecular complexity index is 342. The number of halogens is 1. The Morgan fingerprint density at radius 1 is 1.71 bits per heavy atom. The average Bonchev–Trinajstić information content (AvgIpc) is 2.19. The Morgan fingerprint density at radius 2 is 2.50 bits per heavy atom. The number of nitrogens with one attached hydrogen (secondary N) is 2. The van der Waals surface area contributed by atoms with Crippen molar-refractivity contribution >= 4 is 40.2 Å². The van der Waals surface area contributed by atoms with E-state index in [1.807, 2.05) is 34.4 Å². The van der Waals surface area contributed by atoms with E-state index in [-0.39, 0.29) is 5.56 Å². The third-order valence-corrected chi connectivity index (χ3v) is 3.31. The molecular formula is C8H12IN3OS. The third-order valence-electron chi connectivity index (χ3n) is 1.61. The van der Waals surface area contributed by atoms with Gasteiger partial charge in [0.05, 0.1) is 6.33 Å². The van der Waals surface area contributed by atoms with Gasteiger partial charge in [-0.2, -0.15) is 11.8 Å². The van der Waals surface area contributed by atoms with Gasteiger partial charge < -0.3 is 10.3 Å². The maximum atomic E-state index is 11.2. The van der Waals surface area contributed by atoms with Gasteiger partial charge in [-0.25, -0.2) is 4.98 Å². The van der Waals surface area contributed by atoms with Gasteiger partial charge in [-0.15, -0.1) is 0 Å². The van der Waals surface area contributed by atoms with Gasteiger partial charge in [0.25, 0.3) is 5.56 Å². The first kappa shape index (κ1) is 11.8. The molecule has 1 aromatic rings. The Morgan fingerprint density at radius 3 is 3.21 bits per heavy atom. The highest BCUT2D eigenvalue weighted by atomic mass is 127. The van der Waals surface area contributed by atoms with Crippen molar-refractivity contribution in [1.82, 2.24) is 9.97 Å². The minimum Gasteiger partial charge on any atom is -0.369 e. The zero-order valence-electron chi connectivity index (χ0n) is 7.84. The summed E-state index contributed by atoms with van der Waals surface area (Å²) in [7, 11) is 0. The van der Waals surface area contributed by atoms with Gasteiger partial charge in [0, 0.05) is 6.54 Å². The second-order valence-corrected chi connectivity index (χ2v) is 4.73. The average molecular weight is 325 g/mol. The summed E-state index contributed by atoms with van der Waals surface area (Å²) in [6.07, 6.45) is 4.57. The lowest BCUT2D eigenvalue weighted by Crippen LogP contribution is -2.15. The molecule has 0 amide bonds. The second-order valence-electron chi connectivity index (χ2n) is 2.67. The molecule has 78 valence electrons. The van der Waals surface area contributed by atoms with Crippen molar-refractivity contribution in [3.05, 3.63) is 20.3 Å². The normalized spacial score (nSPS) is 10.1. The van der Waals surface area contributed by atoms with E-state index in [1.165, 1.54) is 6.33 Å². The summed E-state index contributed by atoms with van der Waals surface area (Å²) in [5, 5.41) is 3.14. The van der Waals surface area contributed by atoms with E-state index in [4.69, 9.17) is 0 Å². The molecule has 0 bridgehead atoms. The van der Waals surface area contributed by atoms with Crippen LogP contribution in [0.2, 0.25) is 0 Å².